The Labute approximate surface area is 179 Å². The third kappa shape index (κ3) is 2.90. The first-order valence-corrected chi connectivity index (χ1v) is 10.5. The van der Waals surface area contributed by atoms with Crippen molar-refractivity contribution in [1.82, 2.24) is 13.7 Å². The molecule has 0 spiro atoms. The molecule has 6 heteroatoms. The van der Waals surface area contributed by atoms with Crippen LogP contribution in [0.4, 0.5) is 0 Å². The van der Waals surface area contributed by atoms with E-state index in [0.717, 1.165) is 28.1 Å². The van der Waals surface area contributed by atoms with Crippen LogP contribution in [0.3, 0.4) is 0 Å². The van der Waals surface area contributed by atoms with E-state index in [1.165, 1.54) is 17.2 Å². The zero-order chi connectivity index (χ0) is 21.9. The van der Waals surface area contributed by atoms with Gasteiger partial charge in [-0.25, -0.2) is 4.79 Å². The van der Waals surface area contributed by atoms with Crippen molar-refractivity contribution in [2.24, 2.45) is 14.1 Å². The summed E-state index contributed by atoms with van der Waals surface area (Å²) in [5.74, 6) is 0. The lowest BCUT2D eigenvalue weighted by Crippen LogP contribution is -2.37. The fourth-order valence-electron chi connectivity index (χ4n) is 4.67. The Kier molecular flexibility index (Phi) is 4.48. The summed E-state index contributed by atoms with van der Waals surface area (Å²) in [4.78, 5) is 26.2. The van der Waals surface area contributed by atoms with Crippen molar-refractivity contribution in [3.05, 3.63) is 91.8 Å². The number of benzene rings is 2. The molecule has 0 amide bonds. The fraction of sp³-hybridized carbons (Fsp3) is 0.280. The molecule has 0 saturated carbocycles. The number of rotatable bonds is 2. The molecule has 0 radical (unpaired) electrons. The third-order valence-electron chi connectivity index (χ3n) is 6.22. The summed E-state index contributed by atoms with van der Waals surface area (Å²) >= 11 is 0. The standard InChI is InChI=1S/C25H25N3O3/c1-15-8-10-17(11-9-15)23-22-21-19(24(29)27(4)25(30)26(21)3)20(28(22)12-13-31-23)18-7-5-6-16(2)14-18/h5-11,14,23H,12-13H2,1-4H3. The highest BCUT2D eigenvalue weighted by molar-refractivity contribution is 5.96. The van der Waals surface area contributed by atoms with E-state index in [1.807, 2.05) is 32.0 Å². The fourth-order valence-corrected chi connectivity index (χ4v) is 4.67. The lowest BCUT2D eigenvalue weighted by atomic mass is 10.0. The molecule has 0 fully saturated rings. The number of fused-ring (bicyclic) bond motifs is 3. The summed E-state index contributed by atoms with van der Waals surface area (Å²) in [5, 5.41) is 0.563. The summed E-state index contributed by atoms with van der Waals surface area (Å²) in [6.45, 7) is 5.23. The maximum atomic E-state index is 13.4. The van der Waals surface area contributed by atoms with Gasteiger partial charge in [-0.15, -0.1) is 0 Å². The van der Waals surface area contributed by atoms with E-state index in [0.29, 0.717) is 24.1 Å². The minimum absolute atomic E-state index is 0.279. The van der Waals surface area contributed by atoms with Gasteiger partial charge >= 0.3 is 5.69 Å². The van der Waals surface area contributed by atoms with Crippen molar-refractivity contribution >= 4 is 10.9 Å². The minimum atomic E-state index is -0.354. The van der Waals surface area contributed by atoms with Gasteiger partial charge in [0.25, 0.3) is 5.56 Å². The maximum Gasteiger partial charge on any atom is 0.331 e. The number of nitrogens with zero attached hydrogens (tertiary/aromatic N) is 3. The Morgan fingerprint density at radius 3 is 2.39 bits per heavy atom. The average Bonchev–Trinajstić information content (AvgIpc) is 3.12. The first-order valence-electron chi connectivity index (χ1n) is 10.5. The summed E-state index contributed by atoms with van der Waals surface area (Å²) in [6.07, 6.45) is -0.354. The Morgan fingerprint density at radius 1 is 0.935 bits per heavy atom. The zero-order valence-electron chi connectivity index (χ0n) is 18.2. The quantitative estimate of drug-likeness (QED) is 0.504. The van der Waals surface area contributed by atoms with E-state index < -0.39 is 0 Å². The molecule has 1 atom stereocenters. The van der Waals surface area contributed by atoms with Crippen molar-refractivity contribution < 1.29 is 4.74 Å². The van der Waals surface area contributed by atoms with Crippen LogP contribution in [0.5, 0.6) is 0 Å². The summed E-state index contributed by atoms with van der Waals surface area (Å²) in [6, 6.07) is 16.4. The molecule has 31 heavy (non-hydrogen) atoms. The van der Waals surface area contributed by atoms with Gasteiger partial charge in [-0.05, 0) is 31.0 Å². The van der Waals surface area contributed by atoms with Gasteiger partial charge in [0.2, 0.25) is 0 Å². The molecule has 2 aromatic carbocycles. The molecule has 0 N–H and O–H groups in total. The second-order valence-electron chi connectivity index (χ2n) is 8.35. The van der Waals surface area contributed by atoms with Crippen LogP contribution in [0.1, 0.15) is 28.5 Å². The van der Waals surface area contributed by atoms with Crippen molar-refractivity contribution in [3.63, 3.8) is 0 Å². The molecule has 0 aliphatic carbocycles. The van der Waals surface area contributed by atoms with Crippen LogP contribution >= 0.6 is 0 Å². The van der Waals surface area contributed by atoms with Crippen LogP contribution in [0, 0.1) is 13.8 Å². The lowest BCUT2D eigenvalue weighted by molar-refractivity contribution is 0.0478. The number of hydrogen-bond donors (Lipinski definition) is 0. The van der Waals surface area contributed by atoms with Crippen LogP contribution in [-0.4, -0.2) is 20.3 Å². The molecular formula is C25H25N3O3. The van der Waals surface area contributed by atoms with Gasteiger partial charge in [0.1, 0.15) is 6.10 Å². The summed E-state index contributed by atoms with van der Waals surface area (Å²) in [5.41, 5.74) is 6.01. The molecule has 1 unspecified atom stereocenters. The summed E-state index contributed by atoms with van der Waals surface area (Å²) < 4.78 is 11.2. The normalized spacial score (nSPS) is 15.9. The Balaban J connectivity index is 1.94. The molecule has 158 valence electrons. The second kappa shape index (κ2) is 7.10. The molecule has 0 bridgehead atoms. The van der Waals surface area contributed by atoms with Crippen molar-refractivity contribution in [2.75, 3.05) is 6.61 Å². The second-order valence-corrected chi connectivity index (χ2v) is 8.35. The molecular weight excluding hydrogens is 390 g/mol. The molecule has 6 nitrogen and oxygen atoms in total. The van der Waals surface area contributed by atoms with E-state index in [9.17, 15) is 9.59 Å². The molecule has 3 heterocycles. The zero-order valence-corrected chi connectivity index (χ0v) is 18.2. The predicted octanol–water partition coefficient (Wildman–Crippen LogP) is 3.44. The van der Waals surface area contributed by atoms with Gasteiger partial charge < -0.3 is 9.30 Å². The van der Waals surface area contributed by atoms with Gasteiger partial charge in [-0.2, -0.15) is 0 Å². The number of hydrogen-bond acceptors (Lipinski definition) is 3. The van der Waals surface area contributed by atoms with Gasteiger partial charge in [0.15, 0.2) is 0 Å². The lowest BCUT2D eigenvalue weighted by Gasteiger charge is -2.28. The predicted molar refractivity (Wildman–Crippen MR) is 122 cm³/mol. The van der Waals surface area contributed by atoms with E-state index in [2.05, 4.69) is 34.9 Å². The molecule has 1 aliphatic heterocycles. The highest BCUT2D eigenvalue weighted by Crippen LogP contribution is 2.40. The van der Waals surface area contributed by atoms with Gasteiger partial charge in [0, 0.05) is 20.6 Å². The smallest absolute Gasteiger partial charge is 0.331 e. The van der Waals surface area contributed by atoms with Crippen LogP contribution in [0.15, 0.2) is 58.1 Å². The number of aryl methyl sites for hydroxylation is 3. The topological polar surface area (TPSA) is 58.2 Å². The molecule has 0 saturated heterocycles. The van der Waals surface area contributed by atoms with Crippen LogP contribution in [-0.2, 0) is 25.4 Å². The molecule has 5 rings (SSSR count). The number of aromatic nitrogens is 3. The van der Waals surface area contributed by atoms with Gasteiger partial charge in [0.05, 0.1) is 28.9 Å². The Morgan fingerprint density at radius 2 is 1.68 bits per heavy atom. The van der Waals surface area contributed by atoms with E-state index in [-0.39, 0.29) is 17.4 Å². The Bertz CT molecular complexity index is 1440. The van der Waals surface area contributed by atoms with Crippen molar-refractivity contribution in [1.29, 1.82) is 0 Å². The van der Waals surface area contributed by atoms with Crippen LogP contribution in [0.25, 0.3) is 22.2 Å². The SMILES string of the molecule is Cc1ccc(C2OCCn3c(-c4cccc(C)c4)c4c(=O)n(C)c(=O)n(C)c4c32)cc1. The van der Waals surface area contributed by atoms with Crippen molar-refractivity contribution in [3.8, 4) is 11.3 Å². The Hall–Kier alpha value is -3.38. The van der Waals surface area contributed by atoms with E-state index in [1.54, 1.807) is 11.6 Å². The number of ether oxygens (including phenoxy) is 1. The van der Waals surface area contributed by atoms with Gasteiger partial charge in [-0.1, -0.05) is 53.6 Å². The molecule has 4 aromatic rings. The van der Waals surface area contributed by atoms with E-state index in [4.69, 9.17) is 4.74 Å². The average molecular weight is 415 g/mol. The third-order valence-corrected chi connectivity index (χ3v) is 6.22. The van der Waals surface area contributed by atoms with Crippen LogP contribution < -0.4 is 11.2 Å². The highest BCUT2D eigenvalue weighted by Gasteiger charge is 2.33. The maximum absolute atomic E-state index is 13.4. The highest BCUT2D eigenvalue weighted by atomic mass is 16.5. The summed E-state index contributed by atoms with van der Waals surface area (Å²) in [7, 11) is 3.26. The largest absolute Gasteiger partial charge is 0.365 e. The van der Waals surface area contributed by atoms with Gasteiger partial charge in [-0.3, -0.25) is 13.9 Å². The molecule has 2 aromatic heterocycles. The minimum Gasteiger partial charge on any atom is -0.365 e. The van der Waals surface area contributed by atoms with E-state index >= 15 is 0 Å². The van der Waals surface area contributed by atoms with Crippen LogP contribution in [0.2, 0.25) is 0 Å². The van der Waals surface area contributed by atoms with Crippen molar-refractivity contribution in [2.45, 2.75) is 26.5 Å². The monoisotopic (exact) mass is 415 g/mol. The molecule has 1 aliphatic rings. The first-order chi connectivity index (χ1) is 14.9. The first kappa shape index (κ1) is 19.6.